The van der Waals surface area contributed by atoms with Crippen LogP contribution in [-0.4, -0.2) is 0 Å². The van der Waals surface area contributed by atoms with Crippen molar-refractivity contribution in [1.29, 1.82) is 0 Å². The summed E-state index contributed by atoms with van der Waals surface area (Å²) >= 11 is 0. The zero-order valence-corrected chi connectivity index (χ0v) is 15.5. The van der Waals surface area contributed by atoms with E-state index < -0.39 is 0 Å². The minimum absolute atomic E-state index is 0.395. The van der Waals surface area contributed by atoms with Gasteiger partial charge in [-0.3, -0.25) is 0 Å². The molecule has 0 aliphatic carbocycles. The first-order valence-corrected chi connectivity index (χ1v) is 8.90. The SMILES string of the molecule is CCCC(C)CCCC(C)C=CC(C)C(C)(C)C(C)C. The fourth-order valence-corrected chi connectivity index (χ4v) is 2.65. The van der Waals surface area contributed by atoms with Gasteiger partial charge in [0.1, 0.15) is 0 Å². The highest BCUT2D eigenvalue weighted by Gasteiger charge is 2.27. The summed E-state index contributed by atoms with van der Waals surface area (Å²) in [6.45, 7) is 18.9. The maximum atomic E-state index is 2.46. The van der Waals surface area contributed by atoms with Crippen molar-refractivity contribution >= 4 is 0 Å². The molecule has 0 N–H and O–H groups in total. The molecule has 0 rings (SSSR count). The third kappa shape index (κ3) is 7.50. The van der Waals surface area contributed by atoms with Crippen LogP contribution in [0.2, 0.25) is 0 Å². The Labute approximate surface area is 129 Å². The number of hydrogen-bond donors (Lipinski definition) is 0. The highest BCUT2D eigenvalue weighted by atomic mass is 14.3. The maximum absolute atomic E-state index is 2.46. The summed E-state index contributed by atoms with van der Waals surface area (Å²) in [7, 11) is 0. The molecule has 0 heterocycles. The van der Waals surface area contributed by atoms with E-state index in [2.05, 4.69) is 67.5 Å². The molecule has 120 valence electrons. The Morgan fingerprint density at radius 3 is 1.95 bits per heavy atom. The molecule has 20 heavy (non-hydrogen) atoms. The molecule has 3 atom stereocenters. The third-order valence-corrected chi connectivity index (χ3v) is 5.53. The molecular formula is C20H40. The first-order valence-electron chi connectivity index (χ1n) is 8.90. The van der Waals surface area contributed by atoms with Crippen LogP contribution in [0.3, 0.4) is 0 Å². The molecule has 0 amide bonds. The zero-order chi connectivity index (χ0) is 15.8. The van der Waals surface area contributed by atoms with E-state index in [4.69, 9.17) is 0 Å². The van der Waals surface area contributed by atoms with Crippen molar-refractivity contribution < 1.29 is 0 Å². The Kier molecular flexibility index (Phi) is 9.51. The Morgan fingerprint density at radius 2 is 1.45 bits per heavy atom. The second kappa shape index (κ2) is 9.64. The van der Waals surface area contributed by atoms with Gasteiger partial charge in [0.2, 0.25) is 0 Å². The third-order valence-electron chi connectivity index (χ3n) is 5.53. The lowest BCUT2D eigenvalue weighted by molar-refractivity contribution is 0.185. The van der Waals surface area contributed by atoms with Gasteiger partial charge in [-0.15, -0.1) is 0 Å². The Hall–Kier alpha value is -0.260. The summed E-state index contributed by atoms with van der Waals surface area (Å²) in [6, 6.07) is 0. The van der Waals surface area contributed by atoms with Crippen LogP contribution < -0.4 is 0 Å². The first-order chi connectivity index (χ1) is 9.21. The Morgan fingerprint density at radius 1 is 0.850 bits per heavy atom. The fourth-order valence-electron chi connectivity index (χ4n) is 2.65. The van der Waals surface area contributed by atoms with Gasteiger partial charge >= 0.3 is 0 Å². The maximum Gasteiger partial charge on any atom is -0.0208 e. The average molecular weight is 281 g/mol. The van der Waals surface area contributed by atoms with Gasteiger partial charge in [-0.25, -0.2) is 0 Å². The summed E-state index contributed by atoms with van der Waals surface area (Å²) in [4.78, 5) is 0. The molecule has 3 unspecified atom stereocenters. The Bertz CT molecular complexity index is 259. The van der Waals surface area contributed by atoms with Crippen LogP contribution in [0.5, 0.6) is 0 Å². The molecule has 0 bridgehead atoms. The van der Waals surface area contributed by atoms with Crippen molar-refractivity contribution in [1.82, 2.24) is 0 Å². The minimum atomic E-state index is 0.395. The van der Waals surface area contributed by atoms with Gasteiger partial charge in [-0.05, 0) is 35.5 Å². The van der Waals surface area contributed by atoms with Crippen LogP contribution in [0.4, 0.5) is 0 Å². The molecule has 0 aromatic rings. The monoisotopic (exact) mass is 280 g/mol. The molecule has 0 aliphatic rings. The molecule has 0 spiro atoms. The molecule has 0 heteroatoms. The van der Waals surface area contributed by atoms with Crippen LogP contribution in [-0.2, 0) is 0 Å². The summed E-state index contributed by atoms with van der Waals surface area (Å²) in [5, 5.41) is 0. The van der Waals surface area contributed by atoms with Crippen molar-refractivity contribution in [2.24, 2.45) is 29.1 Å². The normalized spacial score (nSPS) is 17.6. The van der Waals surface area contributed by atoms with E-state index in [-0.39, 0.29) is 0 Å². The van der Waals surface area contributed by atoms with E-state index in [1.165, 1.54) is 32.1 Å². The summed E-state index contributed by atoms with van der Waals surface area (Å²) in [6.07, 6.45) is 11.8. The van der Waals surface area contributed by atoms with Crippen molar-refractivity contribution in [3.63, 3.8) is 0 Å². The molecule has 0 saturated carbocycles. The van der Waals surface area contributed by atoms with Crippen LogP contribution in [0.1, 0.15) is 87.5 Å². The first kappa shape index (κ1) is 19.7. The topological polar surface area (TPSA) is 0 Å². The predicted octanol–water partition coefficient (Wildman–Crippen LogP) is 7.10. The molecule has 0 saturated heterocycles. The van der Waals surface area contributed by atoms with E-state index in [0.717, 1.165) is 17.8 Å². The largest absolute Gasteiger partial charge is 0.0854 e. The lowest BCUT2D eigenvalue weighted by Gasteiger charge is -2.34. The molecule has 0 aromatic carbocycles. The molecule has 0 nitrogen and oxygen atoms in total. The van der Waals surface area contributed by atoms with E-state index in [1.807, 2.05) is 0 Å². The number of rotatable bonds is 10. The predicted molar refractivity (Wildman–Crippen MR) is 94.0 cm³/mol. The van der Waals surface area contributed by atoms with Gasteiger partial charge in [-0.1, -0.05) is 93.2 Å². The molecule has 0 aromatic heterocycles. The van der Waals surface area contributed by atoms with Gasteiger partial charge in [-0.2, -0.15) is 0 Å². The summed E-state index contributed by atoms with van der Waals surface area (Å²) in [5.41, 5.74) is 0.395. The van der Waals surface area contributed by atoms with E-state index in [1.54, 1.807) is 0 Å². The fraction of sp³-hybridized carbons (Fsp3) is 0.900. The van der Waals surface area contributed by atoms with Crippen molar-refractivity contribution in [3.05, 3.63) is 12.2 Å². The van der Waals surface area contributed by atoms with Crippen LogP contribution >= 0.6 is 0 Å². The van der Waals surface area contributed by atoms with Gasteiger partial charge in [0, 0.05) is 0 Å². The van der Waals surface area contributed by atoms with E-state index >= 15 is 0 Å². The van der Waals surface area contributed by atoms with Gasteiger partial charge in [0.15, 0.2) is 0 Å². The quantitative estimate of drug-likeness (QED) is 0.374. The van der Waals surface area contributed by atoms with Crippen LogP contribution in [0.25, 0.3) is 0 Å². The van der Waals surface area contributed by atoms with Crippen LogP contribution in [0, 0.1) is 29.1 Å². The van der Waals surface area contributed by atoms with Crippen molar-refractivity contribution in [2.75, 3.05) is 0 Å². The lowest BCUT2D eigenvalue weighted by atomic mass is 9.71. The van der Waals surface area contributed by atoms with Crippen molar-refractivity contribution in [2.45, 2.75) is 87.5 Å². The van der Waals surface area contributed by atoms with Crippen LogP contribution in [0.15, 0.2) is 12.2 Å². The highest BCUT2D eigenvalue weighted by Crippen LogP contribution is 2.35. The molecule has 0 aliphatic heterocycles. The van der Waals surface area contributed by atoms with Gasteiger partial charge in [0.05, 0.1) is 0 Å². The standard InChI is InChI=1S/C20H40/c1-9-11-17(4)12-10-13-18(5)14-15-19(6)20(7,8)16(2)3/h14-19H,9-13H2,1-8H3. The van der Waals surface area contributed by atoms with Gasteiger partial charge < -0.3 is 0 Å². The number of hydrogen-bond acceptors (Lipinski definition) is 0. The van der Waals surface area contributed by atoms with E-state index in [0.29, 0.717) is 11.3 Å². The molecular weight excluding hydrogens is 240 g/mol. The summed E-state index contributed by atoms with van der Waals surface area (Å²) in [5.74, 6) is 3.03. The van der Waals surface area contributed by atoms with Gasteiger partial charge in [0.25, 0.3) is 0 Å². The minimum Gasteiger partial charge on any atom is -0.0854 e. The molecule has 0 radical (unpaired) electrons. The molecule has 0 fully saturated rings. The lowest BCUT2D eigenvalue weighted by Crippen LogP contribution is -2.26. The zero-order valence-electron chi connectivity index (χ0n) is 15.5. The summed E-state index contributed by atoms with van der Waals surface area (Å²) < 4.78 is 0. The number of allylic oxidation sites excluding steroid dienone is 2. The second-order valence-corrected chi connectivity index (χ2v) is 7.95. The highest BCUT2D eigenvalue weighted by molar-refractivity contribution is 4.96. The van der Waals surface area contributed by atoms with E-state index in [9.17, 15) is 0 Å². The Balaban J connectivity index is 4.07. The second-order valence-electron chi connectivity index (χ2n) is 7.95. The smallest absolute Gasteiger partial charge is 0.0208 e. The average Bonchev–Trinajstić information content (AvgIpc) is 2.35. The van der Waals surface area contributed by atoms with Crippen molar-refractivity contribution in [3.8, 4) is 0 Å².